The minimum atomic E-state index is -3.29. The molecule has 0 aliphatic carbocycles. The maximum Gasteiger partial charge on any atom is 0.273 e. The summed E-state index contributed by atoms with van der Waals surface area (Å²) in [5.74, 6) is -4.65. The molecule has 0 bridgehead atoms. The van der Waals surface area contributed by atoms with E-state index in [9.17, 15) is 18.0 Å². The molecule has 0 heterocycles. The van der Waals surface area contributed by atoms with E-state index >= 15 is 0 Å². The van der Waals surface area contributed by atoms with Gasteiger partial charge >= 0.3 is 0 Å². The third kappa shape index (κ3) is 2.81. The summed E-state index contributed by atoms with van der Waals surface area (Å²) in [6, 6.07) is 2.95. The summed E-state index contributed by atoms with van der Waals surface area (Å²) < 4.78 is 38.8. The summed E-state index contributed by atoms with van der Waals surface area (Å²) in [4.78, 5) is 11.2. The van der Waals surface area contributed by atoms with Gasteiger partial charge in [-0.15, -0.1) is 0 Å². The van der Waals surface area contributed by atoms with Crippen LogP contribution in [0.2, 0.25) is 0 Å². The second-order valence-electron chi connectivity index (χ2n) is 3.14. The molecule has 82 valence electrons. The van der Waals surface area contributed by atoms with E-state index in [0.29, 0.717) is 6.92 Å². The van der Waals surface area contributed by atoms with Crippen molar-refractivity contribution in [3.8, 4) is 0 Å². The number of hydrogen-bond donors (Lipinski definition) is 0. The smallest absolute Gasteiger partial charge is 0.273 e. The number of alkyl halides is 3. The Kier molecular flexibility index (Phi) is 3.54. The van der Waals surface area contributed by atoms with Gasteiger partial charge in [0.1, 0.15) is 5.82 Å². The van der Waals surface area contributed by atoms with E-state index in [-0.39, 0.29) is 16.7 Å². The lowest BCUT2D eigenvalue weighted by atomic mass is 10.0. The van der Waals surface area contributed by atoms with Gasteiger partial charge in [0.05, 0.1) is 10.9 Å². The summed E-state index contributed by atoms with van der Waals surface area (Å²) in [6.45, 7) is 0.591. The SMILES string of the molecule is CC(F)(F)c1cc(C(=O)CBr)ccc1F. The Labute approximate surface area is 93.4 Å². The van der Waals surface area contributed by atoms with Crippen LogP contribution < -0.4 is 0 Å². The van der Waals surface area contributed by atoms with Crippen LogP contribution >= 0.6 is 15.9 Å². The van der Waals surface area contributed by atoms with Crippen LogP contribution in [0.3, 0.4) is 0 Å². The second kappa shape index (κ2) is 4.35. The number of halogens is 4. The van der Waals surface area contributed by atoms with E-state index in [2.05, 4.69) is 15.9 Å². The predicted octanol–water partition coefficient (Wildman–Crippen LogP) is 3.52. The van der Waals surface area contributed by atoms with E-state index in [1.54, 1.807) is 0 Å². The van der Waals surface area contributed by atoms with Crippen molar-refractivity contribution in [2.75, 3.05) is 5.33 Å². The first-order valence-corrected chi connectivity index (χ1v) is 5.25. The molecule has 15 heavy (non-hydrogen) atoms. The van der Waals surface area contributed by atoms with Gasteiger partial charge in [-0.3, -0.25) is 4.79 Å². The molecule has 1 rings (SSSR count). The van der Waals surface area contributed by atoms with E-state index in [4.69, 9.17) is 0 Å². The van der Waals surface area contributed by atoms with Crippen molar-refractivity contribution in [1.29, 1.82) is 0 Å². The fourth-order valence-corrected chi connectivity index (χ4v) is 1.44. The van der Waals surface area contributed by atoms with Crippen molar-refractivity contribution in [2.24, 2.45) is 0 Å². The molecule has 0 unspecified atom stereocenters. The molecule has 0 aliphatic rings. The Morgan fingerprint density at radius 2 is 2.07 bits per heavy atom. The summed E-state index contributed by atoms with van der Waals surface area (Å²) in [7, 11) is 0. The molecule has 0 aromatic heterocycles. The lowest BCUT2D eigenvalue weighted by molar-refractivity contribution is 0.0137. The summed E-state index contributed by atoms with van der Waals surface area (Å²) in [5.41, 5.74) is -0.681. The van der Waals surface area contributed by atoms with Gasteiger partial charge in [0.15, 0.2) is 5.78 Å². The molecule has 1 nitrogen and oxygen atoms in total. The Morgan fingerprint density at radius 1 is 1.47 bits per heavy atom. The lowest BCUT2D eigenvalue weighted by Crippen LogP contribution is -2.12. The molecular weight excluding hydrogens is 273 g/mol. The first kappa shape index (κ1) is 12.2. The van der Waals surface area contributed by atoms with Crippen molar-refractivity contribution in [3.05, 3.63) is 35.1 Å². The highest BCUT2D eigenvalue weighted by atomic mass is 79.9. The number of carbonyl (C=O) groups is 1. The van der Waals surface area contributed by atoms with Gasteiger partial charge in [-0.25, -0.2) is 13.2 Å². The Hall–Kier alpha value is -0.840. The molecule has 1 aromatic carbocycles. The number of ketones is 1. The van der Waals surface area contributed by atoms with Crippen LogP contribution in [-0.4, -0.2) is 11.1 Å². The van der Waals surface area contributed by atoms with Crippen LogP contribution in [0, 0.1) is 5.82 Å². The molecule has 0 spiro atoms. The summed E-state index contributed by atoms with van der Waals surface area (Å²) in [6.07, 6.45) is 0. The van der Waals surface area contributed by atoms with Gasteiger partial charge in [-0.2, -0.15) is 0 Å². The Bertz CT molecular complexity index is 385. The van der Waals surface area contributed by atoms with Crippen molar-refractivity contribution in [3.63, 3.8) is 0 Å². The third-order valence-electron chi connectivity index (χ3n) is 1.88. The minimum absolute atomic E-state index is 0.0212. The molecule has 0 amide bonds. The van der Waals surface area contributed by atoms with Gasteiger partial charge in [-0.1, -0.05) is 15.9 Å². The van der Waals surface area contributed by atoms with E-state index in [0.717, 1.165) is 12.1 Å². The molecule has 1 aromatic rings. The third-order valence-corrected chi connectivity index (χ3v) is 2.39. The van der Waals surface area contributed by atoms with Crippen molar-refractivity contribution in [1.82, 2.24) is 0 Å². The minimum Gasteiger partial charge on any atom is -0.293 e. The van der Waals surface area contributed by atoms with Crippen molar-refractivity contribution < 1.29 is 18.0 Å². The summed E-state index contributed by atoms with van der Waals surface area (Å²) >= 11 is 2.91. The van der Waals surface area contributed by atoms with Crippen LogP contribution in [0.15, 0.2) is 18.2 Å². The fourth-order valence-electron chi connectivity index (χ4n) is 1.11. The number of benzene rings is 1. The van der Waals surface area contributed by atoms with Gasteiger partial charge in [0, 0.05) is 12.5 Å². The molecule has 0 fully saturated rings. The maximum atomic E-state index is 13.0. The van der Waals surface area contributed by atoms with E-state index in [1.165, 1.54) is 6.07 Å². The molecular formula is C10H8BrF3O. The number of carbonyl (C=O) groups excluding carboxylic acids is 1. The molecule has 0 saturated heterocycles. The Morgan fingerprint density at radius 3 is 2.53 bits per heavy atom. The number of rotatable bonds is 3. The molecule has 0 atom stereocenters. The second-order valence-corrected chi connectivity index (χ2v) is 3.70. The highest BCUT2D eigenvalue weighted by molar-refractivity contribution is 9.09. The average molecular weight is 281 g/mol. The average Bonchev–Trinajstić information content (AvgIpc) is 2.15. The zero-order valence-corrected chi connectivity index (χ0v) is 9.45. The highest BCUT2D eigenvalue weighted by Crippen LogP contribution is 2.29. The highest BCUT2D eigenvalue weighted by Gasteiger charge is 2.28. The van der Waals surface area contributed by atoms with Crippen LogP contribution in [0.5, 0.6) is 0 Å². The maximum absolute atomic E-state index is 13.0. The largest absolute Gasteiger partial charge is 0.293 e. The molecule has 0 radical (unpaired) electrons. The monoisotopic (exact) mass is 280 g/mol. The fraction of sp³-hybridized carbons (Fsp3) is 0.300. The molecule has 5 heteroatoms. The van der Waals surface area contributed by atoms with Gasteiger partial charge < -0.3 is 0 Å². The topological polar surface area (TPSA) is 17.1 Å². The first-order chi connectivity index (χ1) is 6.86. The number of Topliss-reactive ketones (excluding diaryl/α,β-unsaturated/α-hetero) is 1. The van der Waals surface area contributed by atoms with Gasteiger partial charge in [0.2, 0.25) is 0 Å². The first-order valence-electron chi connectivity index (χ1n) is 4.13. The van der Waals surface area contributed by atoms with Crippen LogP contribution in [-0.2, 0) is 5.92 Å². The predicted molar refractivity (Wildman–Crippen MR) is 54.1 cm³/mol. The quantitative estimate of drug-likeness (QED) is 0.612. The van der Waals surface area contributed by atoms with E-state index < -0.39 is 17.3 Å². The lowest BCUT2D eigenvalue weighted by Gasteiger charge is -2.12. The van der Waals surface area contributed by atoms with Crippen molar-refractivity contribution >= 4 is 21.7 Å². The number of hydrogen-bond acceptors (Lipinski definition) is 1. The Balaban J connectivity index is 3.23. The van der Waals surface area contributed by atoms with Crippen LogP contribution in [0.1, 0.15) is 22.8 Å². The standard InChI is InChI=1S/C10H8BrF3O/c1-10(13,14)7-4-6(9(15)5-11)2-3-8(7)12/h2-4H,5H2,1H3. The summed E-state index contributed by atoms with van der Waals surface area (Å²) in [5, 5.41) is 0.0212. The van der Waals surface area contributed by atoms with Crippen LogP contribution in [0.4, 0.5) is 13.2 Å². The normalized spacial score (nSPS) is 11.5. The van der Waals surface area contributed by atoms with Crippen molar-refractivity contribution in [2.45, 2.75) is 12.8 Å². The molecule has 0 saturated carbocycles. The van der Waals surface area contributed by atoms with Gasteiger partial charge in [0.25, 0.3) is 5.92 Å². The van der Waals surface area contributed by atoms with Gasteiger partial charge in [-0.05, 0) is 18.2 Å². The zero-order chi connectivity index (χ0) is 11.6. The van der Waals surface area contributed by atoms with Crippen LogP contribution in [0.25, 0.3) is 0 Å². The zero-order valence-electron chi connectivity index (χ0n) is 7.86. The molecule has 0 N–H and O–H groups in total. The van der Waals surface area contributed by atoms with E-state index in [1.807, 2.05) is 0 Å². The molecule has 0 aliphatic heterocycles.